The van der Waals surface area contributed by atoms with Gasteiger partial charge in [0, 0.05) is 6.92 Å². The van der Waals surface area contributed by atoms with Gasteiger partial charge in [0.1, 0.15) is 5.75 Å². The summed E-state index contributed by atoms with van der Waals surface area (Å²) in [6.07, 6.45) is 0.919. The number of benzene rings is 1. The average molecular weight is 272 g/mol. The molecule has 20 heavy (non-hydrogen) atoms. The average Bonchev–Trinajstić information content (AvgIpc) is 2.41. The lowest BCUT2D eigenvalue weighted by atomic mass is 10.2. The van der Waals surface area contributed by atoms with Gasteiger partial charge in [0.15, 0.2) is 5.75 Å². The molecule has 1 heterocycles. The molecule has 2 N–H and O–H groups in total. The number of amides is 1. The minimum Gasteiger partial charge on any atom is -0.454 e. The van der Waals surface area contributed by atoms with Gasteiger partial charge in [-0.15, -0.1) is 0 Å². The Hall–Kier alpha value is -2.40. The van der Waals surface area contributed by atoms with Gasteiger partial charge in [-0.1, -0.05) is 12.1 Å². The zero-order chi connectivity index (χ0) is 14.5. The second kappa shape index (κ2) is 6.16. The van der Waals surface area contributed by atoms with Crippen molar-refractivity contribution >= 4 is 11.6 Å². The number of aliphatic hydroxyl groups excluding tert-OH is 1. The molecule has 0 bridgehead atoms. The molecular weight excluding hydrogens is 256 g/mol. The van der Waals surface area contributed by atoms with E-state index in [2.05, 4.69) is 10.3 Å². The maximum Gasteiger partial charge on any atom is 0.221 e. The van der Waals surface area contributed by atoms with Gasteiger partial charge in [-0.3, -0.25) is 9.78 Å². The summed E-state index contributed by atoms with van der Waals surface area (Å²) < 4.78 is 5.69. The van der Waals surface area contributed by atoms with Crippen LogP contribution >= 0.6 is 0 Å². The molecular formula is C15H16N2O3. The maximum absolute atomic E-state index is 11.1. The predicted molar refractivity (Wildman–Crippen MR) is 75.7 cm³/mol. The van der Waals surface area contributed by atoms with Crippen LogP contribution in [0.2, 0.25) is 0 Å². The smallest absolute Gasteiger partial charge is 0.221 e. The molecule has 0 saturated carbocycles. The number of aromatic nitrogens is 1. The van der Waals surface area contributed by atoms with Gasteiger partial charge in [0.2, 0.25) is 5.91 Å². The highest BCUT2D eigenvalue weighted by Crippen LogP contribution is 2.29. The van der Waals surface area contributed by atoms with E-state index in [1.165, 1.54) is 13.1 Å². The van der Waals surface area contributed by atoms with Crippen LogP contribution in [0.15, 0.2) is 42.6 Å². The summed E-state index contributed by atoms with van der Waals surface area (Å²) >= 11 is 0. The van der Waals surface area contributed by atoms with E-state index >= 15 is 0 Å². The Morgan fingerprint density at radius 1 is 1.30 bits per heavy atom. The van der Waals surface area contributed by atoms with E-state index in [0.717, 1.165) is 0 Å². The van der Waals surface area contributed by atoms with Gasteiger partial charge < -0.3 is 15.2 Å². The van der Waals surface area contributed by atoms with E-state index in [1.54, 1.807) is 31.2 Å². The zero-order valence-corrected chi connectivity index (χ0v) is 11.3. The largest absolute Gasteiger partial charge is 0.454 e. The van der Waals surface area contributed by atoms with Gasteiger partial charge in [0.05, 0.1) is 23.7 Å². The lowest BCUT2D eigenvalue weighted by Gasteiger charge is -2.11. The molecule has 2 rings (SSSR count). The fraction of sp³-hybridized carbons (Fsp3) is 0.200. The van der Waals surface area contributed by atoms with Gasteiger partial charge in [-0.2, -0.15) is 0 Å². The quantitative estimate of drug-likeness (QED) is 0.897. The SMILES string of the molecule is CC(=O)Nc1ccccc1Oc1ccc(C(C)O)nc1. The highest BCUT2D eigenvalue weighted by atomic mass is 16.5. The van der Waals surface area contributed by atoms with E-state index in [4.69, 9.17) is 4.74 Å². The Morgan fingerprint density at radius 2 is 2.05 bits per heavy atom. The lowest BCUT2D eigenvalue weighted by Crippen LogP contribution is -2.06. The topological polar surface area (TPSA) is 71.5 Å². The fourth-order valence-corrected chi connectivity index (χ4v) is 1.67. The number of anilines is 1. The number of para-hydroxylation sites is 2. The fourth-order valence-electron chi connectivity index (χ4n) is 1.67. The molecule has 0 radical (unpaired) electrons. The van der Waals surface area contributed by atoms with Crippen LogP contribution in [0.1, 0.15) is 25.6 Å². The van der Waals surface area contributed by atoms with Crippen LogP contribution in [0.3, 0.4) is 0 Å². The van der Waals surface area contributed by atoms with Crippen LogP contribution < -0.4 is 10.1 Å². The van der Waals surface area contributed by atoms with E-state index in [-0.39, 0.29) is 5.91 Å². The van der Waals surface area contributed by atoms with Crippen LogP contribution in [0.25, 0.3) is 0 Å². The third-order valence-corrected chi connectivity index (χ3v) is 2.61. The van der Waals surface area contributed by atoms with Crippen molar-refractivity contribution < 1.29 is 14.6 Å². The van der Waals surface area contributed by atoms with E-state index in [1.807, 2.05) is 12.1 Å². The third-order valence-electron chi connectivity index (χ3n) is 2.61. The number of rotatable bonds is 4. The Labute approximate surface area is 117 Å². The molecule has 5 heteroatoms. The number of aliphatic hydroxyl groups is 1. The van der Waals surface area contributed by atoms with E-state index < -0.39 is 6.10 Å². The first-order chi connectivity index (χ1) is 9.56. The van der Waals surface area contributed by atoms with Crippen LogP contribution in [0, 0.1) is 0 Å². The van der Waals surface area contributed by atoms with Gasteiger partial charge in [0.25, 0.3) is 0 Å². The van der Waals surface area contributed by atoms with Crippen molar-refractivity contribution in [1.82, 2.24) is 4.98 Å². The summed E-state index contributed by atoms with van der Waals surface area (Å²) in [5.41, 5.74) is 1.17. The molecule has 2 aromatic rings. The van der Waals surface area contributed by atoms with E-state index in [0.29, 0.717) is 22.9 Å². The number of carbonyl (C=O) groups excluding carboxylic acids is 1. The monoisotopic (exact) mass is 272 g/mol. The summed E-state index contributed by atoms with van der Waals surface area (Å²) in [4.78, 5) is 15.2. The zero-order valence-electron chi connectivity index (χ0n) is 11.3. The first kappa shape index (κ1) is 14.0. The van der Waals surface area contributed by atoms with Crippen molar-refractivity contribution in [2.24, 2.45) is 0 Å². The highest BCUT2D eigenvalue weighted by Gasteiger charge is 2.07. The molecule has 0 aliphatic heterocycles. The second-order valence-corrected chi connectivity index (χ2v) is 4.37. The second-order valence-electron chi connectivity index (χ2n) is 4.37. The van der Waals surface area contributed by atoms with Gasteiger partial charge in [-0.05, 0) is 31.2 Å². The van der Waals surface area contributed by atoms with Crippen molar-refractivity contribution in [1.29, 1.82) is 0 Å². The molecule has 0 saturated heterocycles. The highest BCUT2D eigenvalue weighted by molar-refractivity contribution is 5.90. The number of nitrogens with one attached hydrogen (secondary N) is 1. The maximum atomic E-state index is 11.1. The molecule has 104 valence electrons. The molecule has 1 amide bonds. The van der Waals surface area contributed by atoms with Crippen molar-refractivity contribution in [2.75, 3.05) is 5.32 Å². The van der Waals surface area contributed by atoms with Crippen LogP contribution in [-0.4, -0.2) is 16.0 Å². The Balaban J connectivity index is 2.19. The first-order valence-electron chi connectivity index (χ1n) is 6.25. The molecule has 5 nitrogen and oxygen atoms in total. The van der Waals surface area contributed by atoms with Gasteiger partial charge in [-0.25, -0.2) is 0 Å². The molecule has 0 aliphatic rings. The van der Waals surface area contributed by atoms with Crippen LogP contribution in [0.5, 0.6) is 11.5 Å². The summed E-state index contributed by atoms with van der Waals surface area (Å²) in [6.45, 7) is 3.09. The molecule has 1 unspecified atom stereocenters. The van der Waals surface area contributed by atoms with Crippen LogP contribution in [0.4, 0.5) is 5.69 Å². The summed E-state index contributed by atoms with van der Waals surface area (Å²) in [5.74, 6) is 0.908. The molecule has 1 atom stereocenters. The van der Waals surface area contributed by atoms with Crippen LogP contribution in [-0.2, 0) is 4.79 Å². The van der Waals surface area contributed by atoms with Gasteiger partial charge >= 0.3 is 0 Å². The van der Waals surface area contributed by atoms with Crippen molar-refractivity contribution in [3.63, 3.8) is 0 Å². The minimum absolute atomic E-state index is 0.163. The number of hydrogen-bond donors (Lipinski definition) is 2. The predicted octanol–water partition coefficient (Wildman–Crippen LogP) is 2.89. The number of hydrogen-bond acceptors (Lipinski definition) is 4. The number of nitrogens with zero attached hydrogens (tertiary/aromatic N) is 1. The molecule has 1 aromatic heterocycles. The number of carbonyl (C=O) groups is 1. The number of ether oxygens (including phenoxy) is 1. The van der Waals surface area contributed by atoms with Crippen molar-refractivity contribution in [3.05, 3.63) is 48.3 Å². The molecule has 0 aliphatic carbocycles. The Morgan fingerprint density at radius 3 is 2.65 bits per heavy atom. The summed E-state index contributed by atoms with van der Waals surface area (Å²) in [7, 11) is 0. The van der Waals surface area contributed by atoms with Crippen molar-refractivity contribution in [2.45, 2.75) is 20.0 Å². The lowest BCUT2D eigenvalue weighted by molar-refractivity contribution is -0.114. The normalized spacial score (nSPS) is 11.8. The van der Waals surface area contributed by atoms with E-state index in [9.17, 15) is 9.90 Å². The molecule has 0 fully saturated rings. The summed E-state index contributed by atoms with van der Waals surface area (Å²) in [6, 6.07) is 10.6. The first-order valence-corrected chi connectivity index (χ1v) is 6.25. The number of pyridine rings is 1. The standard InChI is InChI=1S/C15H16N2O3/c1-10(18)13-8-7-12(9-16-13)20-15-6-4-3-5-14(15)17-11(2)19/h3-10,18H,1-2H3,(H,17,19). The minimum atomic E-state index is -0.615. The Kier molecular flexibility index (Phi) is 4.32. The molecule has 0 spiro atoms. The third kappa shape index (κ3) is 3.55. The summed E-state index contributed by atoms with van der Waals surface area (Å²) in [5, 5.41) is 12.1. The Bertz CT molecular complexity index is 594. The molecule has 1 aromatic carbocycles. The van der Waals surface area contributed by atoms with Crippen molar-refractivity contribution in [3.8, 4) is 11.5 Å².